The molecule has 2 rings (SSSR count). The fourth-order valence-electron chi connectivity index (χ4n) is 2.65. The van der Waals surface area contributed by atoms with Gasteiger partial charge in [-0.15, -0.1) is 0 Å². The van der Waals surface area contributed by atoms with Crippen molar-refractivity contribution < 1.29 is 14.3 Å². The zero-order valence-corrected chi connectivity index (χ0v) is 15.0. The molecule has 0 aliphatic heterocycles. The Morgan fingerprint density at radius 1 is 1.04 bits per heavy atom. The van der Waals surface area contributed by atoms with E-state index in [2.05, 4.69) is 25.2 Å². The van der Waals surface area contributed by atoms with Gasteiger partial charge in [-0.1, -0.05) is 18.2 Å². The van der Waals surface area contributed by atoms with E-state index in [0.29, 0.717) is 6.42 Å². The highest BCUT2D eigenvalue weighted by atomic mass is 16.5. The average molecular weight is 327 g/mol. The molecule has 1 amide bonds. The zero-order chi connectivity index (χ0) is 17.7. The average Bonchev–Trinajstić information content (AvgIpc) is 2.57. The van der Waals surface area contributed by atoms with Crippen molar-refractivity contribution in [1.82, 2.24) is 5.32 Å². The highest BCUT2D eigenvalue weighted by Crippen LogP contribution is 2.29. The summed E-state index contributed by atoms with van der Waals surface area (Å²) in [5.41, 5.74) is 4.34. The predicted molar refractivity (Wildman–Crippen MR) is 95.7 cm³/mol. The third-order valence-corrected chi connectivity index (χ3v) is 4.22. The summed E-state index contributed by atoms with van der Waals surface area (Å²) in [5.74, 6) is 1.45. The lowest BCUT2D eigenvalue weighted by molar-refractivity contribution is -0.121. The largest absolute Gasteiger partial charge is 0.497 e. The second-order valence-electron chi connectivity index (χ2n) is 5.99. The number of amides is 1. The summed E-state index contributed by atoms with van der Waals surface area (Å²) in [6.45, 7) is 6.06. The van der Waals surface area contributed by atoms with Crippen LogP contribution in [0.1, 0.15) is 35.2 Å². The van der Waals surface area contributed by atoms with E-state index in [-0.39, 0.29) is 11.9 Å². The van der Waals surface area contributed by atoms with Crippen LogP contribution in [-0.2, 0) is 11.2 Å². The lowest BCUT2D eigenvalue weighted by Crippen LogP contribution is -2.28. The standard InChI is InChI=1S/C20H25NO3/c1-13-6-7-16(10-14(13)2)11-20(22)21-15(3)18-12-17(23-4)8-9-19(18)24-5/h6-10,12,15H,11H2,1-5H3,(H,21,22). The van der Waals surface area contributed by atoms with Crippen molar-refractivity contribution in [3.63, 3.8) is 0 Å². The Morgan fingerprint density at radius 3 is 2.42 bits per heavy atom. The van der Waals surface area contributed by atoms with E-state index in [1.54, 1.807) is 14.2 Å². The molecule has 128 valence electrons. The molecule has 0 fully saturated rings. The van der Waals surface area contributed by atoms with Crippen molar-refractivity contribution in [2.24, 2.45) is 0 Å². The van der Waals surface area contributed by atoms with E-state index in [1.807, 2.05) is 37.3 Å². The molecule has 0 saturated carbocycles. The molecule has 0 aliphatic carbocycles. The fourth-order valence-corrected chi connectivity index (χ4v) is 2.65. The molecule has 0 aromatic heterocycles. The highest BCUT2D eigenvalue weighted by Gasteiger charge is 2.15. The minimum atomic E-state index is -0.172. The number of hydrogen-bond donors (Lipinski definition) is 1. The van der Waals surface area contributed by atoms with Gasteiger partial charge in [-0.3, -0.25) is 4.79 Å². The number of methoxy groups -OCH3 is 2. The van der Waals surface area contributed by atoms with Crippen LogP contribution in [-0.4, -0.2) is 20.1 Å². The first kappa shape index (κ1) is 17.9. The van der Waals surface area contributed by atoms with Crippen molar-refractivity contribution in [3.8, 4) is 11.5 Å². The molecule has 0 spiro atoms. The Morgan fingerprint density at radius 2 is 1.79 bits per heavy atom. The van der Waals surface area contributed by atoms with E-state index in [1.165, 1.54) is 11.1 Å². The minimum absolute atomic E-state index is 0.0179. The SMILES string of the molecule is COc1ccc(OC)c(C(C)NC(=O)Cc2ccc(C)c(C)c2)c1. The summed E-state index contributed by atoms with van der Waals surface area (Å²) in [6, 6.07) is 11.5. The molecule has 0 radical (unpaired) electrons. The Balaban J connectivity index is 2.09. The smallest absolute Gasteiger partial charge is 0.224 e. The van der Waals surface area contributed by atoms with Gasteiger partial charge in [0.1, 0.15) is 11.5 Å². The Hall–Kier alpha value is -2.49. The van der Waals surface area contributed by atoms with Crippen LogP contribution < -0.4 is 14.8 Å². The second-order valence-corrected chi connectivity index (χ2v) is 5.99. The van der Waals surface area contributed by atoms with Gasteiger partial charge in [0.15, 0.2) is 0 Å². The summed E-state index contributed by atoms with van der Waals surface area (Å²) >= 11 is 0. The molecule has 0 heterocycles. The van der Waals surface area contributed by atoms with Crippen LogP contribution >= 0.6 is 0 Å². The van der Waals surface area contributed by atoms with Crippen LogP contribution in [0.15, 0.2) is 36.4 Å². The monoisotopic (exact) mass is 327 g/mol. The Bertz CT molecular complexity index is 725. The van der Waals surface area contributed by atoms with Gasteiger partial charge in [0.05, 0.1) is 26.7 Å². The molecular formula is C20H25NO3. The van der Waals surface area contributed by atoms with Crippen LogP contribution in [0.2, 0.25) is 0 Å². The van der Waals surface area contributed by atoms with Crippen LogP contribution in [0.3, 0.4) is 0 Å². The molecule has 4 nitrogen and oxygen atoms in total. The van der Waals surface area contributed by atoms with E-state index in [0.717, 1.165) is 22.6 Å². The summed E-state index contributed by atoms with van der Waals surface area (Å²) in [7, 11) is 3.24. The first-order chi connectivity index (χ1) is 11.4. The van der Waals surface area contributed by atoms with Crippen LogP contribution in [0, 0.1) is 13.8 Å². The summed E-state index contributed by atoms with van der Waals surface area (Å²) in [4.78, 5) is 12.4. The van der Waals surface area contributed by atoms with Gasteiger partial charge < -0.3 is 14.8 Å². The van der Waals surface area contributed by atoms with Crippen molar-refractivity contribution >= 4 is 5.91 Å². The summed E-state index contributed by atoms with van der Waals surface area (Å²) in [5, 5.41) is 3.03. The highest BCUT2D eigenvalue weighted by molar-refractivity contribution is 5.79. The maximum atomic E-state index is 12.4. The van der Waals surface area contributed by atoms with E-state index < -0.39 is 0 Å². The summed E-state index contributed by atoms with van der Waals surface area (Å²) in [6.07, 6.45) is 0.359. The normalized spacial score (nSPS) is 11.7. The number of nitrogens with one attached hydrogen (secondary N) is 1. The van der Waals surface area contributed by atoms with Gasteiger partial charge in [-0.05, 0) is 55.7 Å². The molecule has 1 atom stereocenters. The molecule has 0 saturated heterocycles. The van der Waals surface area contributed by atoms with Gasteiger partial charge in [0.25, 0.3) is 0 Å². The zero-order valence-electron chi connectivity index (χ0n) is 15.0. The molecule has 1 N–H and O–H groups in total. The van der Waals surface area contributed by atoms with Crippen molar-refractivity contribution in [1.29, 1.82) is 0 Å². The third-order valence-electron chi connectivity index (χ3n) is 4.22. The van der Waals surface area contributed by atoms with Crippen molar-refractivity contribution in [2.75, 3.05) is 14.2 Å². The first-order valence-corrected chi connectivity index (χ1v) is 8.02. The molecule has 2 aromatic rings. The molecular weight excluding hydrogens is 302 g/mol. The van der Waals surface area contributed by atoms with E-state index in [9.17, 15) is 4.79 Å². The predicted octanol–water partition coefficient (Wildman–Crippen LogP) is 3.74. The number of aryl methyl sites for hydroxylation is 2. The van der Waals surface area contributed by atoms with E-state index in [4.69, 9.17) is 9.47 Å². The Kier molecular flexibility index (Phi) is 5.85. The van der Waals surface area contributed by atoms with Crippen LogP contribution in [0.4, 0.5) is 0 Å². The Labute approximate surface area is 143 Å². The van der Waals surface area contributed by atoms with Crippen molar-refractivity contribution in [2.45, 2.75) is 33.2 Å². The number of ether oxygens (including phenoxy) is 2. The van der Waals surface area contributed by atoms with Crippen molar-refractivity contribution in [3.05, 3.63) is 58.7 Å². The molecule has 0 aliphatic rings. The van der Waals surface area contributed by atoms with E-state index >= 15 is 0 Å². The lowest BCUT2D eigenvalue weighted by atomic mass is 10.0. The lowest BCUT2D eigenvalue weighted by Gasteiger charge is -2.18. The first-order valence-electron chi connectivity index (χ1n) is 8.02. The maximum absolute atomic E-state index is 12.4. The number of carbonyl (C=O) groups excluding carboxylic acids is 1. The third kappa shape index (κ3) is 4.28. The number of carbonyl (C=O) groups is 1. The fraction of sp³-hybridized carbons (Fsp3) is 0.350. The molecule has 2 aromatic carbocycles. The van der Waals surface area contributed by atoms with Gasteiger partial charge in [-0.25, -0.2) is 0 Å². The summed E-state index contributed by atoms with van der Waals surface area (Å²) < 4.78 is 10.6. The second kappa shape index (κ2) is 7.86. The molecule has 4 heteroatoms. The molecule has 1 unspecified atom stereocenters. The van der Waals surface area contributed by atoms with Gasteiger partial charge in [-0.2, -0.15) is 0 Å². The minimum Gasteiger partial charge on any atom is -0.497 e. The topological polar surface area (TPSA) is 47.6 Å². The molecule has 24 heavy (non-hydrogen) atoms. The van der Waals surface area contributed by atoms with Gasteiger partial charge >= 0.3 is 0 Å². The number of benzene rings is 2. The van der Waals surface area contributed by atoms with Crippen LogP contribution in [0.25, 0.3) is 0 Å². The maximum Gasteiger partial charge on any atom is 0.224 e. The number of rotatable bonds is 6. The number of hydrogen-bond acceptors (Lipinski definition) is 3. The van der Waals surface area contributed by atoms with Gasteiger partial charge in [0.2, 0.25) is 5.91 Å². The van der Waals surface area contributed by atoms with Gasteiger partial charge in [0, 0.05) is 5.56 Å². The molecule has 0 bridgehead atoms. The quantitative estimate of drug-likeness (QED) is 0.879. The van der Waals surface area contributed by atoms with Crippen LogP contribution in [0.5, 0.6) is 11.5 Å².